The van der Waals surface area contributed by atoms with Gasteiger partial charge in [-0.1, -0.05) is 19.1 Å². The minimum atomic E-state index is -2.94. The highest BCUT2D eigenvalue weighted by Gasteiger charge is 2.41. The second kappa shape index (κ2) is 11.9. The number of ether oxygens (including phenoxy) is 2. The van der Waals surface area contributed by atoms with E-state index in [1.807, 2.05) is 18.4 Å². The average Bonchev–Trinajstić information content (AvgIpc) is 3.27. The molecule has 39 heavy (non-hydrogen) atoms. The summed E-state index contributed by atoms with van der Waals surface area (Å²) in [4.78, 5) is 30.4. The van der Waals surface area contributed by atoms with Crippen LogP contribution in [0, 0.1) is 5.92 Å². The highest BCUT2D eigenvalue weighted by molar-refractivity contribution is 5.70. The second-order valence-electron chi connectivity index (χ2n) is 9.81. The number of carbonyl (C=O) groups is 1. The van der Waals surface area contributed by atoms with Gasteiger partial charge in [-0.3, -0.25) is 9.59 Å². The van der Waals surface area contributed by atoms with Gasteiger partial charge in [0.1, 0.15) is 18.0 Å². The first-order chi connectivity index (χ1) is 18.6. The van der Waals surface area contributed by atoms with Crippen LogP contribution in [0.25, 0.3) is 11.4 Å². The Balaban J connectivity index is 1.59. The Bertz CT molecular complexity index is 1370. The predicted molar refractivity (Wildman–Crippen MR) is 141 cm³/mol. The molecule has 0 aliphatic carbocycles. The van der Waals surface area contributed by atoms with Crippen LogP contribution in [0.2, 0.25) is 0 Å². The van der Waals surface area contributed by atoms with Crippen LogP contribution in [-0.4, -0.2) is 56.6 Å². The van der Waals surface area contributed by atoms with Gasteiger partial charge in [0.25, 0.3) is 5.92 Å². The second-order valence-corrected chi connectivity index (χ2v) is 9.81. The molecule has 210 valence electrons. The molecule has 4 heterocycles. The van der Waals surface area contributed by atoms with Crippen LogP contribution in [0.15, 0.2) is 35.4 Å². The topological polar surface area (TPSA) is 104 Å². The Morgan fingerprint density at radius 3 is 2.74 bits per heavy atom. The fourth-order valence-corrected chi connectivity index (χ4v) is 4.91. The monoisotopic (exact) mass is 544 g/mol. The van der Waals surface area contributed by atoms with E-state index in [9.17, 15) is 18.4 Å². The lowest BCUT2D eigenvalue weighted by atomic mass is 9.91. The number of methoxy groups -OCH3 is 1. The molecular weight excluding hydrogens is 510 g/mol. The molecule has 0 spiro atoms. The molecule has 0 bridgehead atoms. The van der Waals surface area contributed by atoms with Crippen LogP contribution in [-0.2, 0) is 36.2 Å². The van der Waals surface area contributed by atoms with Gasteiger partial charge < -0.3 is 18.9 Å². The smallest absolute Gasteiger partial charge is 0.305 e. The van der Waals surface area contributed by atoms with Crippen molar-refractivity contribution in [2.24, 2.45) is 13.0 Å². The van der Waals surface area contributed by atoms with Crippen molar-refractivity contribution in [3.63, 3.8) is 0 Å². The van der Waals surface area contributed by atoms with Gasteiger partial charge in [0.2, 0.25) is 5.43 Å². The Kier molecular flexibility index (Phi) is 8.61. The first-order valence-electron chi connectivity index (χ1n) is 13.0. The van der Waals surface area contributed by atoms with E-state index in [4.69, 9.17) is 14.5 Å². The molecule has 3 aromatic heterocycles. The summed E-state index contributed by atoms with van der Waals surface area (Å²) in [5, 5.41) is 8.38. The molecule has 0 saturated carbocycles. The average molecular weight is 545 g/mol. The summed E-state index contributed by atoms with van der Waals surface area (Å²) in [5.74, 6) is -3.75. The lowest BCUT2D eigenvalue weighted by molar-refractivity contribution is -0.142. The Morgan fingerprint density at radius 1 is 1.23 bits per heavy atom. The normalized spacial score (nSPS) is 16.8. The number of aryl methyl sites for hydroxylation is 3. The van der Waals surface area contributed by atoms with E-state index in [-0.39, 0.29) is 30.6 Å². The highest BCUT2D eigenvalue weighted by atomic mass is 19.3. The van der Waals surface area contributed by atoms with Gasteiger partial charge in [-0.25, -0.2) is 18.4 Å². The number of pyridine rings is 2. The maximum Gasteiger partial charge on any atom is 0.305 e. The van der Waals surface area contributed by atoms with Gasteiger partial charge >= 0.3 is 5.97 Å². The van der Waals surface area contributed by atoms with Gasteiger partial charge in [-0.2, -0.15) is 0 Å². The third-order valence-corrected chi connectivity index (χ3v) is 6.77. The predicted octanol–water partition coefficient (Wildman–Crippen LogP) is 3.61. The van der Waals surface area contributed by atoms with E-state index in [1.165, 1.54) is 13.2 Å². The molecule has 0 amide bonds. The molecule has 1 saturated heterocycles. The van der Waals surface area contributed by atoms with Crippen molar-refractivity contribution in [2.75, 3.05) is 25.1 Å². The van der Waals surface area contributed by atoms with Crippen molar-refractivity contribution in [1.29, 1.82) is 0 Å². The first kappa shape index (κ1) is 28.2. The van der Waals surface area contributed by atoms with E-state index in [0.717, 1.165) is 13.0 Å². The number of alkyl halides is 2. The summed E-state index contributed by atoms with van der Waals surface area (Å²) in [6.07, 6.45) is 4.40. The highest BCUT2D eigenvalue weighted by Crippen LogP contribution is 2.36. The van der Waals surface area contributed by atoms with Crippen LogP contribution < -0.4 is 15.1 Å². The fraction of sp³-hybridized carbons (Fsp3) is 0.519. The van der Waals surface area contributed by atoms with E-state index >= 15 is 0 Å². The number of rotatable bonds is 10. The maximum atomic E-state index is 14.6. The molecular formula is C27H34F2N6O4. The molecule has 1 aliphatic rings. The molecule has 12 heteroatoms. The zero-order valence-electron chi connectivity index (χ0n) is 22.7. The number of anilines is 1. The third-order valence-electron chi connectivity index (χ3n) is 6.77. The van der Waals surface area contributed by atoms with Crippen molar-refractivity contribution in [2.45, 2.75) is 58.6 Å². The number of nitrogens with zero attached hydrogens (tertiary/aromatic N) is 6. The number of carbonyl (C=O) groups excluding carboxylic acids is 1. The van der Waals surface area contributed by atoms with Gasteiger partial charge in [0, 0.05) is 38.8 Å². The molecule has 1 aliphatic heterocycles. The van der Waals surface area contributed by atoms with Crippen molar-refractivity contribution in [3.05, 3.63) is 52.2 Å². The van der Waals surface area contributed by atoms with Gasteiger partial charge in [0.05, 0.1) is 43.3 Å². The van der Waals surface area contributed by atoms with Crippen LogP contribution in [0.4, 0.5) is 14.5 Å². The molecule has 4 rings (SSSR count). The summed E-state index contributed by atoms with van der Waals surface area (Å²) in [6.45, 7) is 4.61. The minimum absolute atomic E-state index is 0.0443. The Hall–Kier alpha value is -3.83. The zero-order valence-corrected chi connectivity index (χ0v) is 22.7. The number of hydrogen-bond acceptors (Lipinski definition) is 8. The molecule has 0 radical (unpaired) electrons. The van der Waals surface area contributed by atoms with Gasteiger partial charge in [0.15, 0.2) is 5.75 Å². The molecule has 1 atom stereocenters. The Morgan fingerprint density at radius 2 is 2.03 bits per heavy atom. The number of halogens is 2. The molecule has 3 aromatic rings. The van der Waals surface area contributed by atoms with Crippen molar-refractivity contribution >= 4 is 11.7 Å². The summed E-state index contributed by atoms with van der Waals surface area (Å²) in [5.41, 5.74) is 2.62. The number of esters is 1. The molecule has 0 N–H and O–H groups in total. The standard InChI is InChI=1S/C27H34F2N6O4/c1-5-10-34-11-9-23(36)24(15-34)39-16-22-26(31-32-33(22)3)20-7-8-21(19(6-2)30-20)35-14-18(12-25(37)38-4)13-27(28,29)17-35/h7-9,11,15,18H,5-6,10,12-14,16-17H2,1-4H3/t18-/m0/s1. The minimum Gasteiger partial charge on any atom is -0.482 e. The van der Waals surface area contributed by atoms with Crippen LogP contribution >= 0.6 is 0 Å². The largest absolute Gasteiger partial charge is 0.482 e. The SMILES string of the molecule is CCCn1ccc(=O)c(OCc2c(-c3ccc(N4C[C@@H](CC(=O)OC)CC(F)(F)C4)c(CC)n3)nnn2C)c1. The van der Waals surface area contributed by atoms with E-state index in [2.05, 4.69) is 10.3 Å². The van der Waals surface area contributed by atoms with Crippen molar-refractivity contribution in [3.8, 4) is 17.1 Å². The summed E-state index contributed by atoms with van der Waals surface area (Å²) < 4.78 is 43.3. The first-order valence-corrected chi connectivity index (χ1v) is 13.0. The van der Waals surface area contributed by atoms with E-state index in [1.54, 1.807) is 41.2 Å². The molecule has 0 aromatic carbocycles. The third kappa shape index (κ3) is 6.61. The number of aromatic nitrogens is 5. The molecule has 0 unspecified atom stereocenters. The Labute approximate surface area is 225 Å². The fourth-order valence-electron chi connectivity index (χ4n) is 4.91. The van der Waals surface area contributed by atoms with Gasteiger partial charge in [-0.15, -0.1) is 5.10 Å². The summed E-state index contributed by atoms with van der Waals surface area (Å²) >= 11 is 0. The van der Waals surface area contributed by atoms with Gasteiger partial charge in [-0.05, 0) is 30.9 Å². The molecule has 1 fully saturated rings. The van der Waals surface area contributed by atoms with Crippen LogP contribution in [0.5, 0.6) is 5.75 Å². The lowest BCUT2D eigenvalue weighted by Gasteiger charge is -2.39. The van der Waals surface area contributed by atoms with Crippen LogP contribution in [0.1, 0.15) is 44.5 Å². The number of piperidine rings is 1. The summed E-state index contributed by atoms with van der Waals surface area (Å²) in [7, 11) is 2.98. The van der Waals surface area contributed by atoms with Crippen LogP contribution in [0.3, 0.4) is 0 Å². The van der Waals surface area contributed by atoms with Crippen molar-refractivity contribution in [1.82, 2.24) is 24.5 Å². The quantitative estimate of drug-likeness (QED) is 0.357. The maximum absolute atomic E-state index is 14.6. The number of hydrogen-bond donors (Lipinski definition) is 0. The lowest BCUT2D eigenvalue weighted by Crippen LogP contribution is -2.48. The van der Waals surface area contributed by atoms with Crippen molar-refractivity contribution < 1.29 is 23.0 Å². The zero-order chi connectivity index (χ0) is 28.2. The molecule has 10 nitrogen and oxygen atoms in total. The van der Waals surface area contributed by atoms with E-state index < -0.39 is 24.4 Å². The van der Waals surface area contributed by atoms with E-state index in [0.29, 0.717) is 41.4 Å². The summed E-state index contributed by atoms with van der Waals surface area (Å²) in [6, 6.07) is 4.96.